The highest BCUT2D eigenvalue weighted by Gasteiger charge is 2.07. The maximum Gasteiger partial charge on any atom is 0.315 e. The molecule has 0 saturated heterocycles. The van der Waals surface area contributed by atoms with Crippen molar-refractivity contribution in [3.8, 4) is 0 Å². The monoisotopic (exact) mass is 250 g/mol. The van der Waals surface area contributed by atoms with Gasteiger partial charge in [0.15, 0.2) is 0 Å². The van der Waals surface area contributed by atoms with Crippen LogP contribution < -0.4 is 10.6 Å². The number of hydrogen-bond acceptors (Lipinski definition) is 6. The van der Waals surface area contributed by atoms with E-state index in [0.29, 0.717) is 31.0 Å². The number of nitrogens with one attached hydrogen (secondary N) is 2. The largest absolute Gasteiger partial charge is 0.407 e. The average Bonchev–Trinajstić information content (AvgIpc) is 2.93. The van der Waals surface area contributed by atoms with Crippen molar-refractivity contribution in [3.05, 3.63) is 24.1 Å². The molecule has 0 atom stereocenters. The van der Waals surface area contributed by atoms with Crippen molar-refractivity contribution in [1.29, 1.82) is 0 Å². The Hall–Kier alpha value is -1.89. The van der Waals surface area contributed by atoms with E-state index < -0.39 is 0 Å². The van der Waals surface area contributed by atoms with Gasteiger partial charge in [-0.05, 0) is 0 Å². The van der Waals surface area contributed by atoms with Crippen molar-refractivity contribution in [2.45, 2.75) is 33.0 Å². The van der Waals surface area contributed by atoms with E-state index in [1.807, 2.05) is 17.8 Å². The molecule has 98 valence electrons. The fourth-order valence-corrected chi connectivity index (χ4v) is 1.41. The molecule has 18 heavy (non-hydrogen) atoms. The minimum absolute atomic E-state index is 0.390. The zero-order valence-corrected chi connectivity index (χ0v) is 10.8. The standard InChI is InChI=1S/C11H18N6O/c1-8(2)13-7-10-15-16-11(18-10)14-6-9-12-4-5-17(9)3/h4-5,8,13H,6-7H2,1-3H3,(H,14,16). The Morgan fingerprint density at radius 3 is 2.83 bits per heavy atom. The van der Waals surface area contributed by atoms with Crippen LogP contribution in [0.1, 0.15) is 25.6 Å². The van der Waals surface area contributed by atoms with Crippen molar-refractivity contribution < 1.29 is 4.42 Å². The van der Waals surface area contributed by atoms with E-state index in [1.54, 1.807) is 6.20 Å². The molecule has 0 saturated carbocycles. The highest BCUT2D eigenvalue weighted by molar-refractivity contribution is 5.18. The fraction of sp³-hybridized carbons (Fsp3) is 0.545. The molecule has 0 radical (unpaired) electrons. The quantitative estimate of drug-likeness (QED) is 0.793. The van der Waals surface area contributed by atoms with Crippen LogP contribution >= 0.6 is 0 Å². The maximum absolute atomic E-state index is 5.44. The van der Waals surface area contributed by atoms with Crippen LogP contribution in [0.5, 0.6) is 0 Å². The van der Waals surface area contributed by atoms with Crippen LogP contribution in [0.25, 0.3) is 0 Å². The van der Waals surface area contributed by atoms with Crippen LogP contribution in [0.2, 0.25) is 0 Å². The smallest absolute Gasteiger partial charge is 0.315 e. The van der Waals surface area contributed by atoms with Gasteiger partial charge in [0, 0.05) is 25.5 Å². The predicted molar refractivity (Wildman–Crippen MR) is 66.8 cm³/mol. The van der Waals surface area contributed by atoms with Crippen LogP contribution in [0.3, 0.4) is 0 Å². The van der Waals surface area contributed by atoms with Crippen LogP contribution in [0.4, 0.5) is 6.01 Å². The summed E-state index contributed by atoms with van der Waals surface area (Å²) in [5.74, 6) is 1.49. The third-order valence-corrected chi connectivity index (χ3v) is 2.45. The van der Waals surface area contributed by atoms with Crippen molar-refractivity contribution >= 4 is 6.01 Å². The molecule has 0 spiro atoms. The molecule has 2 aromatic heterocycles. The molecule has 0 aliphatic heterocycles. The fourth-order valence-electron chi connectivity index (χ4n) is 1.41. The number of hydrogen-bond donors (Lipinski definition) is 2. The molecule has 2 rings (SSSR count). The lowest BCUT2D eigenvalue weighted by Gasteiger charge is -2.03. The highest BCUT2D eigenvalue weighted by atomic mass is 16.4. The SMILES string of the molecule is CC(C)NCc1nnc(NCc2nccn2C)o1. The second kappa shape index (κ2) is 5.63. The van der Waals surface area contributed by atoms with Gasteiger partial charge >= 0.3 is 6.01 Å². The first-order valence-corrected chi connectivity index (χ1v) is 5.91. The van der Waals surface area contributed by atoms with Gasteiger partial charge in [-0.3, -0.25) is 0 Å². The van der Waals surface area contributed by atoms with Crippen molar-refractivity contribution in [3.63, 3.8) is 0 Å². The summed E-state index contributed by atoms with van der Waals surface area (Å²) in [7, 11) is 1.94. The van der Waals surface area contributed by atoms with Crippen molar-refractivity contribution in [2.75, 3.05) is 5.32 Å². The van der Waals surface area contributed by atoms with Crippen LogP contribution in [0.15, 0.2) is 16.8 Å². The molecule has 0 unspecified atom stereocenters. The Kier molecular flexibility index (Phi) is 3.93. The molecule has 2 N–H and O–H groups in total. The van der Waals surface area contributed by atoms with E-state index in [0.717, 1.165) is 5.82 Å². The van der Waals surface area contributed by atoms with Crippen LogP contribution in [-0.4, -0.2) is 25.8 Å². The van der Waals surface area contributed by atoms with Crippen LogP contribution in [0, 0.1) is 0 Å². The van der Waals surface area contributed by atoms with E-state index in [9.17, 15) is 0 Å². The number of aromatic nitrogens is 4. The summed E-state index contributed by atoms with van der Waals surface area (Å²) in [5, 5.41) is 14.1. The van der Waals surface area contributed by atoms with Gasteiger partial charge in [-0.1, -0.05) is 18.9 Å². The zero-order chi connectivity index (χ0) is 13.0. The van der Waals surface area contributed by atoms with Gasteiger partial charge < -0.3 is 19.6 Å². The van der Waals surface area contributed by atoms with Gasteiger partial charge in [-0.2, -0.15) is 0 Å². The predicted octanol–water partition coefficient (Wildman–Crippen LogP) is 0.913. The lowest BCUT2D eigenvalue weighted by molar-refractivity contribution is 0.458. The summed E-state index contributed by atoms with van der Waals surface area (Å²) >= 11 is 0. The maximum atomic E-state index is 5.44. The summed E-state index contributed by atoms with van der Waals surface area (Å²) in [6.07, 6.45) is 3.64. The van der Waals surface area contributed by atoms with Crippen molar-refractivity contribution in [2.24, 2.45) is 7.05 Å². The van der Waals surface area contributed by atoms with Gasteiger partial charge in [0.25, 0.3) is 0 Å². The Morgan fingerprint density at radius 1 is 1.33 bits per heavy atom. The van der Waals surface area contributed by atoms with Gasteiger partial charge in [0.1, 0.15) is 5.82 Å². The van der Waals surface area contributed by atoms with E-state index >= 15 is 0 Å². The molecule has 0 amide bonds. The second-order valence-corrected chi connectivity index (χ2v) is 4.34. The van der Waals surface area contributed by atoms with Gasteiger partial charge in [0.2, 0.25) is 5.89 Å². The van der Waals surface area contributed by atoms with E-state index in [4.69, 9.17) is 4.42 Å². The molecule has 7 heteroatoms. The second-order valence-electron chi connectivity index (χ2n) is 4.34. The van der Waals surface area contributed by atoms with Gasteiger partial charge in [0.05, 0.1) is 13.1 Å². The molecule has 7 nitrogen and oxygen atoms in total. The molecule has 0 aromatic carbocycles. The Bertz CT molecular complexity index is 489. The van der Waals surface area contributed by atoms with Gasteiger partial charge in [-0.25, -0.2) is 4.98 Å². The first-order valence-electron chi connectivity index (χ1n) is 5.91. The minimum atomic E-state index is 0.390. The number of aryl methyl sites for hydroxylation is 1. The number of imidazole rings is 1. The first-order chi connectivity index (χ1) is 8.65. The molecule has 0 fully saturated rings. The molecular weight excluding hydrogens is 232 g/mol. The molecule has 2 aromatic rings. The molecule has 0 aliphatic rings. The van der Waals surface area contributed by atoms with E-state index in [1.165, 1.54) is 0 Å². The molecule has 0 bridgehead atoms. The Balaban J connectivity index is 1.85. The highest BCUT2D eigenvalue weighted by Crippen LogP contribution is 2.07. The third-order valence-electron chi connectivity index (χ3n) is 2.45. The third kappa shape index (κ3) is 3.30. The Morgan fingerprint density at radius 2 is 2.17 bits per heavy atom. The molecular formula is C11H18N6O. The number of anilines is 1. The van der Waals surface area contributed by atoms with E-state index in [-0.39, 0.29) is 0 Å². The summed E-state index contributed by atoms with van der Waals surface area (Å²) in [5.41, 5.74) is 0. The lowest BCUT2D eigenvalue weighted by atomic mass is 10.4. The summed E-state index contributed by atoms with van der Waals surface area (Å²) in [4.78, 5) is 4.20. The first kappa shape index (κ1) is 12.6. The summed E-state index contributed by atoms with van der Waals surface area (Å²) in [6, 6.07) is 0.805. The Labute approximate surface area is 106 Å². The normalized spacial score (nSPS) is 11.1. The molecule has 0 aliphatic carbocycles. The summed E-state index contributed by atoms with van der Waals surface area (Å²) in [6.45, 7) is 5.27. The zero-order valence-electron chi connectivity index (χ0n) is 10.8. The number of rotatable bonds is 6. The molecule has 2 heterocycles. The summed E-state index contributed by atoms with van der Waals surface area (Å²) < 4.78 is 7.37. The van der Waals surface area contributed by atoms with E-state index in [2.05, 4.69) is 39.7 Å². The van der Waals surface area contributed by atoms with Crippen molar-refractivity contribution in [1.82, 2.24) is 25.1 Å². The number of nitrogens with zero attached hydrogens (tertiary/aromatic N) is 4. The van der Waals surface area contributed by atoms with Gasteiger partial charge in [-0.15, -0.1) is 5.10 Å². The topological polar surface area (TPSA) is 80.8 Å². The average molecular weight is 250 g/mol. The van der Waals surface area contributed by atoms with Crippen LogP contribution in [-0.2, 0) is 20.1 Å². The lowest BCUT2D eigenvalue weighted by Crippen LogP contribution is -2.21. The minimum Gasteiger partial charge on any atom is -0.407 e.